The molecule has 0 saturated heterocycles. The van der Waals surface area contributed by atoms with Gasteiger partial charge in [-0.1, -0.05) is 0 Å². The average Bonchev–Trinajstić information content (AvgIpc) is 2.49. The molecule has 0 aromatic carbocycles. The molecule has 6 heteroatoms. The number of nitrogens with zero attached hydrogens (tertiary/aromatic N) is 3. The maximum absolute atomic E-state index is 11.6. The van der Waals surface area contributed by atoms with Crippen molar-refractivity contribution < 1.29 is 9.59 Å². The minimum absolute atomic E-state index is 0.189. The highest BCUT2D eigenvalue weighted by Crippen LogP contribution is 2.25. The number of rotatable bonds is 0. The molecule has 0 aliphatic carbocycles. The van der Waals surface area contributed by atoms with E-state index in [2.05, 4.69) is 15.4 Å². The second kappa shape index (κ2) is 2.15. The van der Waals surface area contributed by atoms with E-state index in [-0.39, 0.29) is 17.8 Å². The lowest BCUT2D eigenvalue weighted by molar-refractivity contribution is -0.122. The highest BCUT2D eigenvalue weighted by Gasteiger charge is 2.43. The van der Waals surface area contributed by atoms with E-state index < -0.39 is 5.41 Å². The molecule has 1 aromatic rings. The third-order valence-corrected chi connectivity index (χ3v) is 2.07. The normalized spacial score (nSPS) is 19.5. The molecule has 0 atom stereocenters. The number of carbonyl (C=O) groups excluding carboxylic acids is 2. The fourth-order valence-electron chi connectivity index (χ4n) is 1.10. The molecule has 0 spiro atoms. The van der Waals surface area contributed by atoms with E-state index in [4.69, 9.17) is 0 Å². The van der Waals surface area contributed by atoms with Crippen LogP contribution in [0.4, 0.5) is 5.95 Å². The minimum Gasteiger partial charge on any atom is -0.293 e. The molecule has 1 amide bonds. The van der Waals surface area contributed by atoms with Gasteiger partial charge in [-0.05, 0) is 13.8 Å². The number of aromatic nitrogens is 3. The second-order valence-electron chi connectivity index (χ2n) is 3.38. The number of anilines is 1. The van der Waals surface area contributed by atoms with E-state index in [1.807, 2.05) is 0 Å². The van der Waals surface area contributed by atoms with Crippen LogP contribution in [0.1, 0.15) is 18.6 Å². The van der Waals surface area contributed by atoms with Crippen molar-refractivity contribution in [3.63, 3.8) is 0 Å². The SMILES string of the molecule is CC1(C)C(=O)Nc2ncnn2C1=O. The lowest BCUT2D eigenvalue weighted by Gasteiger charge is -2.25. The van der Waals surface area contributed by atoms with E-state index in [0.717, 1.165) is 4.68 Å². The molecule has 1 aliphatic heterocycles. The summed E-state index contributed by atoms with van der Waals surface area (Å²) in [6.45, 7) is 3.10. The van der Waals surface area contributed by atoms with E-state index in [0.29, 0.717) is 0 Å². The topological polar surface area (TPSA) is 76.9 Å². The molecule has 0 unspecified atom stereocenters. The molecule has 0 fully saturated rings. The Balaban J connectivity index is 2.59. The molecule has 0 bridgehead atoms. The summed E-state index contributed by atoms with van der Waals surface area (Å²) in [6, 6.07) is 0. The summed E-state index contributed by atoms with van der Waals surface area (Å²) in [6.07, 6.45) is 1.23. The molecule has 1 N–H and O–H groups in total. The molecule has 68 valence electrons. The van der Waals surface area contributed by atoms with Crippen molar-refractivity contribution in [2.24, 2.45) is 5.41 Å². The van der Waals surface area contributed by atoms with Crippen molar-refractivity contribution in [3.05, 3.63) is 6.33 Å². The fourth-order valence-corrected chi connectivity index (χ4v) is 1.10. The summed E-state index contributed by atoms with van der Waals surface area (Å²) in [4.78, 5) is 26.7. The number of amides is 1. The van der Waals surface area contributed by atoms with Crippen LogP contribution in [0.2, 0.25) is 0 Å². The number of carbonyl (C=O) groups is 2. The number of fused-ring (bicyclic) bond motifs is 1. The Kier molecular flexibility index (Phi) is 1.31. The number of nitrogens with one attached hydrogen (secondary N) is 1. The van der Waals surface area contributed by atoms with Crippen LogP contribution in [-0.4, -0.2) is 26.6 Å². The van der Waals surface area contributed by atoms with Crippen LogP contribution in [-0.2, 0) is 4.79 Å². The summed E-state index contributed by atoms with van der Waals surface area (Å²) in [5, 5.41) is 6.20. The van der Waals surface area contributed by atoms with Crippen LogP contribution in [0, 0.1) is 5.41 Å². The number of hydrogen-bond donors (Lipinski definition) is 1. The van der Waals surface area contributed by atoms with Gasteiger partial charge in [0.25, 0.3) is 5.91 Å². The van der Waals surface area contributed by atoms with E-state index in [1.165, 1.54) is 6.33 Å². The van der Waals surface area contributed by atoms with Gasteiger partial charge < -0.3 is 0 Å². The zero-order valence-electron chi connectivity index (χ0n) is 7.24. The van der Waals surface area contributed by atoms with Crippen molar-refractivity contribution >= 4 is 17.8 Å². The van der Waals surface area contributed by atoms with Gasteiger partial charge in [0.2, 0.25) is 11.9 Å². The van der Waals surface area contributed by atoms with E-state index >= 15 is 0 Å². The zero-order valence-corrected chi connectivity index (χ0v) is 7.24. The largest absolute Gasteiger partial charge is 0.293 e. The molecule has 6 nitrogen and oxygen atoms in total. The first-order valence-corrected chi connectivity index (χ1v) is 3.80. The fraction of sp³-hybridized carbons (Fsp3) is 0.429. The van der Waals surface area contributed by atoms with Crippen LogP contribution in [0.5, 0.6) is 0 Å². The van der Waals surface area contributed by atoms with Crippen molar-refractivity contribution in [2.45, 2.75) is 13.8 Å². The zero-order chi connectivity index (χ0) is 9.64. The van der Waals surface area contributed by atoms with Crippen LogP contribution in [0.3, 0.4) is 0 Å². The Morgan fingerprint density at radius 1 is 1.46 bits per heavy atom. The minimum atomic E-state index is -1.07. The summed E-state index contributed by atoms with van der Waals surface area (Å²) in [5.74, 6) is -0.518. The lowest BCUT2D eigenvalue weighted by Crippen LogP contribution is -2.46. The second-order valence-corrected chi connectivity index (χ2v) is 3.38. The maximum Gasteiger partial charge on any atom is 0.265 e. The van der Waals surface area contributed by atoms with Crippen molar-refractivity contribution in [3.8, 4) is 0 Å². The molecule has 2 rings (SSSR count). The predicted molar refractivity (Wildman–Crippen MR) is 43.1 cm³/mol. The first-order valence-electron chi connectivity index (χ1n) is 3.80. The standard InChI is InChI=1S/C7H8N4O2/c1-7(2)4(12)10-6-8-3-9-11(6)5(7)13/h3H,1-2H3,(H,8,9,10,12). The third kappa shape index (κ3) is 0.881. The Labute approximate surface area is 74.0 Å². The van der Waals surface area contributed by atoms with Gasteiger partial charge in [0.05, 0.1) is 0 Å². The molecule has 1 aromatic heterocycles. The summed E-state index contributed by atoms with van der Waals surface area (Å²) in [5.41, 5.74) is -1.07. The Hall–Kier alpha value is -1.72. The smallest absolute Gasteiger partial charge is 0.265 e. The highest BCUT2D eigenvalue weighted by atomic mass is 16.2. The first-order chi connectivity index (χ1) is 6.03. The van der Waals surface area contributed by atoms with Gasteiger partial charge in [0.1, 0.15) is 11.7 Å². The Bertz CT molecular complexity index is 393. The van der Waals surface area contributed by atoms with Crippen molar-refractivity contribution in [1.82, 2.24) is 14.8 Å². The molecule has 1 aliphatic rings. The van der Waals surface area contributed by atoms with Crippen LogP contribution in [0.15, 0.2) is 6.33 Å². The predicted octanol–water partition coefficient (Wildman–Crippen LogP) is -0.103. The molecular formula is C7H8N4O2. The Morgan fingerprint density at radius 2 is 2.15 bits per heavy atom. The van der Waals surface area contributed by atoms with Gasteiger partial charge in [0.15, 0.2) is 0 Å². The average molecular weight is 180 g/mol. The van der Waals surface area contributed by atoms with Gasteiger partial charge in [0, 0.05) is 0 Å². The molecule has 0 radical (unpaired) electrons. The lowest BCUT2D eigenvalue weighted by atomic mass is 9.90. The van der Waals surface area contributed by atoms with Gasteiger partial charge in [-0.15, -0.1) is 0 Å². The molecule has 13 heavy (non-hydrogen) atoms. The van der Waals surface area contributed by atoms with Crippen LogP contribution >= 0.6 is 0 Å². The Morgan fingerprint density at radius 3 is 2.85 bits per heavy atom. The maximum atomic E-state index is 11.6. The first kappa shape index (κ1) is 7.90. The van der Waals surface area contributed by atoms with Crippen LogP contribution < -0.4 is 5.32 Å². The summed E-state index contributed by atoms with van der Waals surface area (Å²) >= 11 is 0. The van der Waals surface area contributed by atoms with Gasteiger partial charge >= 0.3 is 0 Å². The molecule has 0 saturated carbocycles. The van der Waals surface area contributed by atoms with Crippen LogP contribution in [0.25, 0.3) is 0 Å². The van der Waals surface area contributed by atoms with E-state index in [9.17, 15) is 9.59 Å². The number of hydrogen-bond acceptors (Lipinski definition) is 4. The quantitative estimate of drug-likeness (QED) is 0.565. The van der Waals surface area contributed by atoms with Gasteiger partial charge in [-0.3, -0.25) is 14.9 Å². The van der Waals surface area contributed by atoms with Gasteiger partial charge in [-0.25, -0.2) is 0 Å². The highest BCUT2D eigenvalue weighted by molar-refractivity contribution is 6.13. The molecule has 2 heterocycles. The van der Waals surface area contributed by atoms with Crippen molar-refractivity contribution in [1.29, 1.82) is 0 Å². The van der Waals surface area contributed by atoms with Gasteiger partial charge in [-0.2, -0.15) is 14.8 Å². The molecular weight excluding hydrogens is 172 g/mol. The monoisotopic (exact) mass is 180 g/mol. The van der Waals surface area contributed by atoms with E-state index in [1.54, 1.807) is 13.8 Å². The summed E-state index contributed by atoms with van der Waals surface area (Å²) < 4.78 is 1.10. The van der Waals surface area contributed by atoms with Crippen molar-refractivity contribution in [2.75, 3.05) is 5.32 Å². The third-order valence-electron chi connectivity index (χ3n) is 2.07. The summed E-state index contributed by atoms with van der Waals surface area (Å²) in [7, 11) is 0.